The maximum absolute atomic E-state index is 13.6. The first-order valence-corrected chi connectivity index (χ1v) is 10.8. The third-order valence-corrected chi connectivity index (χ3v) is 6.18. The van der Waals surface area contributed by atoms with E-state index in [1.54, 1.807) is 5.06 Å². The maximum atomic E-state index is 13.6. The third kappa shape index (κ3) is 3.46. The second kappa shape index (κ2) is 8.27. The highest BCUT2D eigenvalue weighted by Gasteiger charge is 2.60. The number of amides is 2. The number of anilines is 3. The van der Waals surface area contributed by atoms with Crippen LogP contribution in [0.5, 0.6) is 0 Å². The fraction of sp³-hybridized carbons (Fsp3) is 0.200. The molecule has 0 saturated carbocycles. The Bertz CT molecular complexity index is 1260. The first-order chi connectivity index (χ1) is 16.4. The van der Waals surface area contributed by atoms with E-state index in [-0.39, 0.29) is 11.4 Å². The number of hydroxylamine groups is 1. The monoisotopic (exact) mass is 458 g/mol. The summed E-state index contributed by atoms with van der Waals surface area (Å²) < 4.78 is 0. The van der Waals surface area contributed by atoms with Crippen LogP contribution in [-0.4, -0.2) is 36.9 Å². The number of hydrogen-bond donors (Lipinski definition) is 0. The van der Waals surface area contributed by atoms with E-state index in [2.05, 4.69) is 0 Å². The van der Waals surface area contributed by atoms with Gasteiger partial charge in [0, 0.05) is 31.9 Å². The van der Waals surface area contributed by atoms with Crippen LogP contribution in [-0.2, 0) is 14.4 Å². The van der Waals surface area contributed by atoms with E-state index in [0.29, 0.717) is 0 Å². The molecule has 0 unspecified atom stereocenters. The summed E-state index contributed by atoms with van der Waals surface area (Å²) in [7, 11) is 3.88. The van der Waals surface area contributed by atoms with Gasteiger partial charge in [0.2, 0.25) is 5.91 Å². The number of non-ortho nitro benzene ring substituents is 1. The topological polar surface area (TPSA) is 96.2 Å². The minimum absolute atomic E-state index is 0.162. The number of para-hydroxylation sites is 1. The van der Waals surface area contributed by atoms with Crippen LogP contribution in [0.4, 0.5) is 22.7 Å². The lowest BCUT2D eigenvalue weighted by atomic mass is 9.90. The Labute approximate surface area is 195 Å². The normalized spacial score (nSPS) is 21.6. The van der Waals surface area contributed by atoms with E-state index in [1.165, 1.54) is 24.3 Å². The number of hydrogen-bond acceptors (Lipinski definition) is 7. The standard InChI is InChI=1S/C25H22N4O5/c1-26(2)17-13-11-16(12-14-17)22-21-23(34-28(22)18-7-4-3-5-8-18)25(31)27(24(21)30)19-9-6-10-20(15-19)29(32)33/h3-15,21-23H,1-2H3/t21-,22+,23+/m1/s1. The van der Waals surface area contributed by atoms with Crippen LogP contribution in [0.2, 0.25) is 0 Å². The van der Waals surface area contributed by atoms with Crippen LogP contribution in [0.3, 0.4) is 0 Å². The minimum Gasteiger partial charge on any atom is -0.378 e. The van der Waals surface area contributed by atoms with E-state index in [1.807, 2.05) is 73.6 Å². The summed E-state index contributed by atoms with van der Waals surface area (Å²) in [5.41, 5.74) is 2.51. The molecule has 3 atom stereocenters. The molecule has 9 heteroatoms. The number of nitro benzene ring substituents is 1. The first kappa shape index (κ1) is 21.6. The summed E-state index contributed by atoms with van der Waals surface area (Å²) in [6, 6.07) is 22.0. The predicted molar refractivity (Wildman–Crippen MR) is 126 cm³/mol. The van der Waals surface area contributed by atoms with Gasteiger partial charge in [0.15, 0.2) is 6.10 Å². The van der Waals surface area contributed by atoms with Crippen molar-refractivity contribution in [2.75, 3.05) is 29.0 Å². The molecule has 34 heavy (non-hydrogen) atoms. The summed E-state index contributed by atoms with van der Waals surface area (Å²) in [5, 5.41) is 12.8. The lowest BCUT2D eigenvalue weighted by Crippen LogP contribution is -2.37. The van der Waals surface area contributed by atoms with Crippen LogP contribution in [0.1, 0.15) is 11.6 Å². The summed E-state index contributed by atoms with van der Waals surface area (Å²) in [6.45, 7) is 0. The van der Waals surface area contributed by atoms with Gasteiger partial charge < -0.3 is 4.90 Å². The average molecular weight is 458 g/mol. The van der Waals surface area contributed by atoms with Gasteiger partial charge in [-0.3, -0.25) is 24.5 Å². The van der Waals surface area contributed by atoms with Gasteiger partial charge in [0.25, 0.3) is 11.6 Å². The molecule has 3 aromatic carbocycles. The minimum atomic E-state index is -1.04. The van der Waals surface area contributed by atoms with Gasteiger partial charge in [-0.1, -0.05) is 36.4 Å². The number of rotatable bonds is 5. The van der Waals surface area contributed by atoms with Crippen molar-refractivity contribution in [3.8, 4) is 0 Å². The first-order valence-electron chi connectivity index (χ1n) is 10.8. The van der Waals surface area contributed by atoms with Gasteiger partial charge >= 0.3 is 0 Å². The molecule has 0 bridgehead atoms. The fourth-order valence-electron chi connectivity index (χ4n) is 4.52. The van der Waals surface area contributed by atoms with Crippen LogP contribution >= 0.6 is 0 Å². The van der Waals surface area contributed by atoms with Gasteiger partial charge in [-0.25, -0.2) is 9.96 Å². The van der Waals surface area contributed by atoms with Crippen molar-refractivity contribution in [2.24, 2.45) is 5.92 Å². The van der Waals surface area contributed by atoms with Crippen molar-refractivity contribution in [3.05, 3.63) is 94.5 Å². The number of nitro groups is 1. The molecule has 3 aromatic rings. The molecule has 0 radical (unpaired) electrons. The molecule has 9 nitrogen and oxygen atoms in total. The molecule has 5 rings (SSSR count). The summed E-state index contributed by atoms with van der Waals surface area (Å²) in [5.74, 6) is -1.79. The van der Waals surface area contributed by atoms with Crippen molar-refractivity contribution in [1.82, 2.24) is 0 Å². The largest absolute Gasteiger partial charge is 0.378 e. The molecule has 2 aliphatic heterocycles. The quantitative estimate of drug-likeness (QED) is 0.327. The zero-order valence-electron chi connectivity index (χ0n) is 18.6. The molecule has 0 aromatic heterocycles. The fourth-order valence-corrected chi connectivity index (χ4v) is 4.52. The third-order valence-electron chi connectivity index (χ3n) is 6.18. The highest BCUT2D eigenvalue weighted by molar-refractivity contribution is 6.24. The number of benzene rings is 3. The van der Waals surface area contributed by atoms with Crippen LogP contribution in [0, 0.1) is 16.0 Å². The Morgan fingerprint density at radius 1 is 0.882 bits per heavy atom. The average Bonchev–Trinajstić information content (AvgIpc) is 3.35. The molecule has 172 valence electrons. The second-order valence-corrected chi connectivity index (χ2v) is 8.43. The molecule has 0 N–H and O–H groups in total. The Morgan fingerprint density at radius 2 is 1.56 bits per heavy atom. The molecule has 2 amide bonds. The summed E-state index contributed by atoms with van der Waals surface area (Å²) in [4.78, 5) is 46.7. The van der Waals surface area contributed by atoms with Crippen LogP contribution in [0.15, 0.2) is 78.9 Å². The highest BCUT2D eigenvalue weighted by Crippen LogP contribution is 2.47. The molecule has 2 fully saturated rings. The van der Waals surface area contributed by atoms with Gasteiger partial charge in [0.05, 0.1) is 22.3 Å². The summed E-state index contributed by atoms with van der Waals surface area (Å²) >= 11 is 0. The Kier molecular flexibility index (Phi) is 5.25. The van der Waals surface area contributed by atoms with Crippen LogP contribution < -0.4 is 14.9 Å². The van der Waals surface area contributed by atoms with Gasteiger partial charge in [-0.15, -0.1) is 0 Å². The Balaban J connectivity index is 1.56. The smallest absolute Gasteiger partial charge is 0.271 e. The van der Waals surface area contributed by atoms with Crippen molar-refractivity contribution >= 4 is 34.6 Å². The van der Waals surface area contributed by atoms with Crippen molar-refractivity contribution in [1.29, 1.82) is 0 Å². The van der Waals surface area contributed by atoms with Gasteiger partial charge in [-0.05, 0) is 35.9 Å². The Morgan fingerprint density at radius 3 is 2.21 bits per heavy atom. The number of nitrogens with zero attached hydrogens (tertiary/aromatic N) is 4. The van der Waals surface area contributed by atoms with Gasteiger partial charge in [-0.2, -0.15) is 0 Å². The van der Waals surface area contributed by atoms with E-state index in [9.17, 15) is 19.7 Å². The SMILES string of the molecule is CN(C)c1ccc([C@H]2[C@H]3C(=O)N(c4cccc([N+](=O)[O-])c4)C(=O)[C@H]3ON2c2ccccc2)cc1. The summed E-state index contributed by atoms with van der Waals surface area (Å²) in [6.07, 6.45) is -1.04. The predicted octanol–water partition coefficient (Wildman–Crippen LogP) is 3.71. The molecule has 2 saturated heterocycles. The van der Waals surface area contributed by atoms with E-state index in [0.717, 1.165) is 21.8 Å². The zero-order chi connectivity index (χ0) is 24.0. The lowest BCUT2D eigenvalue weighted by molar-refractivity contribution is -0.384. The number of carbonyl (C=O) groups excluding carboxylic acids is 2. The molecular formula is C25H22N4O5. The van der Waals surface area contributed by atoms with Crippen LogP contribution in [0.25, 0.3) is 0 Å². The zero-order valence-corrected chi connectivity index (χ0v) is 18.6. The van der Waals surface area contributed by atoms with Crippen molar-refractivity contribution < 1.29 is 19.3 Å². The molecule has 2 aliphatic rings. The van der Waals surface area contributed by atoms with Gasteiger partial charge in [0.1, 0.15) is 5.92 Å². The molecule has 0 aliphatic carbocycles. The number of imide groups is 1. The lowest BCUT2D eigenvalue weighted by Gasteiger charge is -2.29. The van der Waals surface area contributed by atoms with E-state index < -0.39 is 34.8 Å². The van der Waals surface area contributed by atoms with E-state index in [4.69, 9.17) is 4.84 Å². The number of fused-ring (bicyclic) bond motifs is 1. The van der Waals surface area contributed by atoms with Crippen molar-refractivity contribution in [2.45, 2.75) is 12.1 Å². The Hall–Kier alpha value is -4.24. The maximum Gasteiger partial charge on any atom is 0.271 e. The molecular weight excluding hydrogens is 436 g/mol. The molecule has 0 spiro atoms. The second-order valence-electron chi connectivity index (χ2n) is 8.43. The number of carbonyl (C=O) groups is 2. The van der Waals surface area contributed by atoms with Crippen molar-refractivity contribution in [3.63, 3.8) is 0 Å². The highest BCUT2D eigenvalue weighted by atomic mass is 16.7. The molecule has 2 heterocycles. The van der Waals surface area contributed by atoms with E-state index >= 15 is 0 Å².